The summed E-state index contributed by atoms with van der Waals surface area (Å²) in [5, 5.41) is 0. The van der Waals surface area contributed by atoms with E-state index in [0.29, 0.717) is 24.6 Å². The SMILES string of the molecule is Nc1ncccc1OCCc1cc(F)ccc1I. The van der Waals surface area contributed by atoms with E-state index in [1.807, 2.05) is 0 Å². The minimum Gasteiger partial charge on any atom is -0.489 e. The van der Waals surface area contributed by atoms with E-state index in [1.54, 1.807) is 24.4 Å². The first-order chi connectivity index (χ1) is 8.66. The van der Waals surface area contributed by atoms with Gasteiger partial charge in [-0.15, -0.1) is 0 Å². The predicted octanol–water partition coefficient (Wildman–Crippen LogP) is 3.03. The van der Waals surface area contributed by atoms with Gasteiger partial charge in [0.25, 0.3) is 0 Å². The van der Waals surface area contributed by atoms with Gasteiger partial charge in [0, 0.05) is 16.2 Å². The van der Waals surface area contributed by atoms with Gasteiger partial charge in [-0.05, 0) is 58.5 Å². The Hall–Kier alpha value is -1.37. The predicted molar refractivity (Wildman–Crippen MR) is 77.0 cm³/mol. The van der Waals surface area contributed by atoms with E-state index in [0.717, 1.165) is 9.13 Å². The molecule has 0 aliphatic heterocycles. The highest BCUT2D eigenvalue weighted by Gasteiger charge is 2.04. The molecule has 0 bridgehead atoms. The molecule has 0 fully saturated rings. The molecule has 2 aromatic rings. The molecule has 0 unspecified atom stereocenters. The van der Waals surface area contributed by atoms with Crippen LogP contribution < -0.4 is 10.5 Å². The lowest BCUT2D eigenvalue weighted by Crippen LogP contribution is -2.05. The molecule has 0 saturated heterocycles. The molecule has 1 heterocycles. The highest BCUT2D eigenvalue weighted by Crippen LogP contribution is 2.18. The molecule has 0 amide bonds. The van der Waals surface area contributed by atoms with Crippen LogP contribution in [0.4, 0.5) is 10.2 Å². The number of benzene rings is 1. The summed E-state index contributed by atoms with van der Waals surface area (Å²) in [7, 11) is 0. The Bertz CT molecular complexity index is 548. The van der Waals surface area contributed by atoms with Crippen LogP contribution in [-0.4, -0.2) is 11.6 Å². The number of rotatable bonds is 4. The summed E-state index contributed by atoms with van der Waals surface area (Å²) < 4.78 is 19.6. The molecule has 0 spiro atoms. The summed E-state index contributed by atoms with van der Waals surface area (Å²) in [4.78, 5) is 3.93. The molecule has 0 saturated carbocycles. The monoisotopic (exact) mass is 358 g/mol. The Morgan fingerprint density at radius 2 is 2.17 bits per heavy atom. The Balaban J connectivity index is 1.96. The molecule has 2 N–H and O–H groups in total. The van der Waals surface area contributed by atoms with Gasteiger partial charge in [0.2, 0.25) is 0 Å². The zero-order valence-electron chi connectivity index (χ0n) is 9.57. The Labute approximate surface area is 118 Å². The van der Waals surface area contributed by atoms with Crippen molar-refractivity contribution in [3.63, 3.8) is 0 Å². The normalized spacial score (nSPS) is 10.3. The number of ether oxygens (including phenoxy) is 1. The number of pyridine rings is 1. The zero-order chi connectivity index (χ0) is 13.0. The maximum absolute atomic E-state index is 13.1. The average Bonchev–Trinajstić information content (AvgIpc) is 2.36. The number of anilines is 1. The number of aromatic nitrogens is 1. The van der Waals surface area contributed by atoms with Gasteiger partial charge in [-0.25, -0.2) is 9.37 Å². The molecule has 94 valence electrons. The first kappa shape index (κ1) is 13.1. The molecule has 2 rings (SSSR count). The Morgan fingerprint density at radius 1 is 1.33 bits per heavy atom. The molecule has 1 aromatic heterocycles. The van der Waals surface area contributed by atoms with Crippen molar-refractivity contribution in [1.29, 1.82) is 0 Å². The number of nitrogens with zero attached hydrogens (tertiary/aromatic N) is 1. The van der Waals surface area contributed by atoms with Gasteiger partial charge in [0.05, 0.1) is 6.61 Å². The van der Waals surface area contributed by atoms with E-state index in [9.17, 15) is 4.39 Å². The van der Waals surface area contributed by atoms with Gasteiger partial charge in [-0.1, -0.05) is 0 Å². The molecular weight excluding hydrogens is 346 g/mol. The maximum Gasteiger partial charge on any atom is 0.166 e. The lowest BCUT2D eigenvalue weighted by Gasteiger charge is -2.08. The second kappa shape index (κ2) is 5.99. The lowest BCUT2D eigenvalue weighted by atomic mass is 10.1. The molecular formula is C13H12FIN2O. The standard InChI is InChI=1S/C13H12FIN2O/c14-10-3-4-11(15)9(8-10)5-7-18-12-2-1-6-17-13(12)16/h1-4,6,8H,5,7H2,(H2,16,17). The van der Waals surface area contributed by atoms with Gasteiger partial charge in [0.1, 0.15) is 5.82 Å². The van der Waals surface area contributed by atoms with Gasteiger partial charge in [0.15, 0.2) is 11.6 Å². The van der Waals surface area contributed by atoms with Crippen molar-refractivity contribution >= 4 is 28.4 Å². The average molecular weight is 358 g/mol. The fourth-order valence-corrected chi connectivity index (χ4v) is 2.14. The van der Waals surface area contributed by atoms with Crippen molar-refractivity contribution in [3.8, 4) is 5.75 Å². The van der Waals surface area contributed by atoms with Crippen LogP contribution >= 0.6 is 22.6 Å². The first-order valence-electron chi connectivity index (χ1n) is 5.44. The van der Waals surface area contributed by atoms with Gasteiger partial charge < -0.3 is 10.5 Å². The molecule has 0 radical (unpaired) electrons. The van der Waals surface area contributed by atoms with Crippen LogP contribution in [-0.2, 0) is 6.42 Å². The molecule has 0 atom stereocenters. The minimum absolute atomic E-state index is 0.230. The number of nitrogens with two attached hydrogens (primary N) is 1. The topological polar surface area (TPSA) is 48.1 Å². The fourth-order valence-electron chi connectivity index (χ4n) is 1.53. The van der Waals surface area contributed by atoms with Crippen molar-refractivity contribution < 1.29 is 9.13 Å². The molecule has 18 heavy (non-hydrogen) atoms. The first-order valence-corrected chi connectivity index (χ1v) is 6.52. The van der Waals surface area contributed by atoms with E-state index in [1.165, 1.54) is 12.1 Å². The summed E-state index contributed by atoms with van der Waals surface area (Å²) in [5.74, 6) is 0.696. The van der Waals surface area contributed by atoms with Crippen LogP contribution in [0.1, 0.15) is 5.56 Å². The van der Waals surface area contributed by atoms with Crippen LogP contribution in [0, 0.1) is 9.39 Å². The second-order valence-corrected chi connectivity index (χ2v) is 4.88. The van der Waals surface area contributed by atoms with Crippen molar-refractivity contribution in [2.45, 2.75) is 6.42 Å². The third kappa shape index (κ3) is 3.32. The van der Waals surface area contributed by atoms with E-state index in [2.05, 4.69) is 27.6 Å². The number of hydrogen-bond donors (Lipinski definition) is 1. The van der Waals surface area contributed by atoms with E-state index < -0.39 is 0 Å². The minimum atomic E-state index is -0.230. The third-order valence-corrected chi connectivity index (χ3v) is 3.49. The molecule has 0 aliphatic carbocycles. The molecule has 0 aliphatic rings. The highest BCUT2D eigenvalue weighted by atomic mass is 127. The number of nitrogen functional groups attached to an aromatic ring is 1. The molecule has 1 aromatic carbocycles. The Morgan fingerprint density at radius 3 is 2.94 bits per heavy atom. The third-order valence-electron chi connectivity index (χ3n) is 2.44. The van der Waals surface area contributed by atoms with Crippen molar-refractivity contribution in [3.05, 3.63) is 51.5 Å². The van der Waals surface area contributed by atoms with Crippen LogP contribution in [0.25, 0.3) is 0 Å². The summed E-state index contributed by atoms with van der Waals surface area (Å²) in [5.41, 5.74) is 6.59. The van der Waals surface area contributed by atoms with Crippen molar-refractivity contribution in [2.24, 2.45) is 0 Å². The summed E-state index contributed by atoms with van der Waals surface area (Å²) >= 11 is 2.18. The van der Waals surface area contributed by atoms with Gasteiger partial charge >= 0.3 is 0 Å². The van der Waals surface area contributed by atoms with Gasteiger partial charge in [-0.3, -0.25) is 0 Å². The summed E-state index contributed by atoms with van der Waals surface area (Å²) in [6.45, 7) is 0.440. The van der Waals surface area contributed by atoms with Crippen molar-refractivity contribution in [1.82, 2.24) is 4.98 Å². The van der Waals surface area contributed by atoms with Crippen LogP contribution in [0.15, 0.2) is 36.5 Å². The maximum atomic E-state index is 13.1. The summed E-state index contributed by atoms with van der Waals surface area (Å²) in [6.07, 6.45) is 2.24. The highest BCUT2D eigenvalue weighted by molar-refractivity contribution is 14.1. The molecule has 5 heteroatoms. The Kier molecular flexibility index (Phi) is 4.35. The number of hydrogen-bond acceptors (Lipinski definition) is 3. The molecule has 3 nitrogen and oxygen atoms in total. The summed E-state index contributed by atoms with van der Waals surface area (Å²) in [6, 6.07) is 8.25. The van der Waals surface area contributed by atoms with Crippen molar-refractivity contribution in [2.75, 3.05) is 12.3 Å². The lowest BCUT2D eigenvalue weighted by molar-refractivity contribution is 0.322. The quantitative estimate of drug-likeness (QED) is 0.855. The largest absolute Gasteiger partial charge is 0.489 e. The number of halogens is 2. The van der Waals surface area contributed by atoms with Crippen LogP contribution in [0.5, 0.6) is 5.75 Å². The fraction of sp³-hybridized carbons (Fsp3) is 0.154. The van der Waals surface area contributed by atoms with Gasteiger partial charge in [-0.2, -0.15) is 0 Å². The van der Waals surface area contributed by atoms with E-state index in [4.69, 9.17) is 10.5 Å². The van der Waals surface area contributed by atoms with E-state index >= 15 is 0 Å². The zero-order valence-corrected chi connectivity index (χ0v) is 11.7. The van der Waals surface area contributed by atoms with Crippen LogP contribution in [0.2, 0.25) is 0 Å². The smallest absolute Gasteiger partial charge is 0.166 e. The van der Waals surface area contributed by atoms with E-state index in [-0.39, 0.29) is 5.82 Å². The van der Waals surface area contributed by atoms with Crippen LogP contribution in [0.3, 0.4) is 0 Å². The second-order valence-electron chi connectivity index (χ2n) is 3.72.